The molecule has 0 spiro atoms. The monoisotopic (exact) mass is 663 g/mol. The molecule has 0 aromatic heterocycles. The van der Waals surface area contributed by atoms with Crippen LogP contribution in [0.4, 0.5) is 5.69 Å². The van der Waals surface area contributed by atoms with Crippen molar-refractivity contribution in [2.45, 2.75) is 43.8 Å². The summed E-state index contributed by atoms with van der Waals surface area (Å²) in [6, 6.07) is 27.8. The third kappa shape index (κ3) is 8.58. The Morgan fingerprint density at radius 1 is 0.804 bits per heavy atom. The number of carbonyl (C=O) groups is 2. The standard InChI is InChI=1S/C35H38ClN3O6S/c1-25(2)37-35(41)31(21-26-11-7-5-8-12-26)38(23-27-15-17-28(36)18-16-27)34(40)24-39(29-13-9-6-10-14-29)46(42,43)30-19-20-32(44-3)33(22-30)45-4/h5-20,22,25,31H,21,23-24H2,1-4H3,(H,37,41). The van der Waals surface area contributed by atoms with E-state index in [1.165, 1.54) is 37.3 Å². The number of sulfonamides is 1. The fraction of sp³-hybridized carbons (Fsp3) is 0.257. The molecule has 0 radical (unpaired) electrons. The van der Waals surface area contributed by atoms with Crippen molar-refractivity contribution in [1.29, 1.82) is 0 Å². The molecule has 9 nitrogen and oxygen atoms in total. The number of para-hydroxylation sites is 1. The van der Waals surface area contributed by atoms with Crippen molar-refractivity contribution in [3.8, 4) is 11.5 Å². The van der Waals surface area contributed by atoms with Crippen LogP contribution in [0.3, 0.4) is 0 Å². The molecule has 0 aliphatic heterocycles. The molecule has 0 bridgehead atoms. The lowest BCUT2D eigenvalue weighted by molar-refractivity contribution is -0.140. The molecule has 4 aromatic rings. The van der Waals surface area contributed by atoms with Gasteiger partial charge in [-0.2, -0.15) is 0 Å². The Labute approximate surface area is 275 Å². The van der Waals surface area contributed by atoms with Crippen LogP contribution in [-0.2, 0) is 32.6 Å². The number of hydrogen-bond donors (Lipinski definition) is 1. The lowest BCUT2D eigenvalue weighted by Gasteiger charge is -2.34. The van der Waals surface area contributed by atoms with Crippen molar-refractivity contribution in [3.05, 3.63) is 119 Å². The highest BCUT2D eigenvalue weighted by molar-refractivity contribution is 7.92. The molecule has 0 fully saturated rings. The number of hydrogen-bond acceptors (Lipinski definition) is 6. The Morgan fingerprint density at radius 2 is 1.41 bits per heavy atom. The summed E-state index contributed by atoms with van der Waals surface area (Å²) in [6.45, 7) is 3.15. The van der Waals surface area contributed by atoms with Crippen LogP contribution in [0.15, 0.2) is 108 Å². The fourth-order valence-electron chi connectivity index (χ4n) is 4.95. The van der Waals surface area contributed by atoms with E-state index in [9.17, 15) is 18.0 Å². The molecule has 1 unspecified atom stereocenters. The zero-order chi connectivity index (χ0) is 33.3. The smallest absolute Gasteiger partial charge is 0.264 e. The largest absolute Gasteiger partial charge is 0.493 e. The molecule has 1 atom stereocenters. The summed E-state index contributed by atoms with van der Waals surface area (Å²) >= 11 is 6.14. The Morgan fingerprint density at radius 3 is 2.00 bits per heavy atom. The van der Waals surface area contributed by atoms with Crippen LogP contribution in [0.2, 0.25) is 5.02 Å². The first kappa shape index (κ1) is 34.3. The van der Waals surface area contributed by atoms with Crippen LogP contribution in [0.5, 0.6) is 11.5 Å². The van der Waals surface area contributed by atoms with Gasteiger partial charge in [0.1, 0.15) is 12.6 Å². The first-order chi connectivity index (χ1) is 22.0. The lowest BCUT2D eigenvalue weighted by Crippen LogP contribution is -2.54. The van der Waals surface area contributed by atoms with Crippen molar-refractivity contribution >= 4 is 39.1 Å². The Bertz CT molecular complexity index is 1720. The maximum Gasteiger partial charge on any atom is 0.264 e. The van der Waals surface area contributed by atoms with Gasteiger partial charge in [-0.25, -0.2) is 8.42 Å². The van der Waals surface area contributed by atoms with Gasteiger partial charge in [0.2, 0.25) is 11.8 Å². The summed E-state index contributed by atoms with van der Waals surface area (Å²) in [5.41, 5.74) is 1.85. The number of halogens is 1. The van der Waals surface area contributed by atoms with Crippen molar-refractivity contribution in [2.24, 2.45) is 0 Å². The molecule has 46 heavy (non-hydrogen) atoms. The minimum Gasteiger partial charge on any atom is -0.493 e. The molecule has 0 heterocycles. The highest BCUT2D eigenvalue weighted by Crippen LogP contribution is 2.32. The van der Waals surface area contributed by atoms with E-state index >= 15 is 0 Å². The second kappa shape index (κ2) is 15.6. The van der Waals surface area contributed by atoms with Crippen LogP contribution >= 0.6 is 11.6 Å². The zero-order valence-electron chi connectivity index (χ0n) is 26.2. The molecule has 0 aliphatic rings. The summed E-state index contributed by atoms with van der Waals surface area (Å²) in [7, 11) is -1.44. The third-order valence-electron chi connectivity index (χ3n) is 7.23. The molecule has 0 saturated carbocycles. The number of carbonyl (C=O) groups excluding carboxylic acids is 2. The molecule has 11 heteroatoms. The number of amides is 2. The van der Waals surface area contributed by atoms with Gasteiger partial charge >= 0.3 is 0 Å². The normalized spacial score (nSPS) is 11.9. The third-order valence-corrected chi connectivity index (χ3v) is 9.26. The van der Waals surface area contributed by atoms with E-state index in [-0.39, 0.29) is 41.2 Å². The van der Waals surface area contributed by atoms with E-state index in [1.54, 1.807) is 54.6 Å². The summed E-state index contributed by atoms with van der Waals surface area (Å²) in [5, 5.41) is 3.47. The molecular weight excluding hydrogens is 626 g/mol. The number of nitrogens with one attached hydrogen (secondary N) is 1. The predicted molar refractivity (Wildman–Crippen MR) is 180 cm³/mol. The second-order valence-corrected chi connectivity index (χ2v) is 13.2. The quantitative estimate of drug-likeness (QED) is 0.185. The average molecular weight is 664 g/mol. The molecular formula is C35H38ClN3O6S. The van der Waals surface area contributed by atoms with Gasteiger partial charge in [0.15, 0.2) is 11.5 Å². The van der Waals surface area contributed by atoms with Gasteiger partial charge in [-0.3, -0.25) is 13.9 Å². The van der Waals surface area contributed by atoms with Crippen molar-refractivity contribution in [3.63, 3.8) is 0 Å². The van der Waals surface area contributed by atoms with E-state index in [0.717, 1.165) is 15.4 Å². The fourth-order valence-corrected chi connectivity index (χ4v) is 6.50. The van der Waals surface area contributed by atoms with Crippen molar-refractivity contribution in [2.75, 3.05) is 25.1 Å². The summed E-state index contributed by atoms with van der Waals surface area (Å²) in [5.74, 6) is -0.337. The Kier molecular flexibility index (Phi) is 11.7. The average Bonchev–Trinajstić information content (AvgIpc) is 3.06. The maximum absolute atomic E-state index is 14.5. The molecule has 0 saturated heterocycles. The lowest BCUT2D eigenvalue weighted by atomic mass is 10.0. The van der Waals surface area contributed by atoms with E-state index < -0.39 is 28.5 Å². The Hall–Kier alpha value is -4.54. The molecule has 4 aromatic carbocycles. The topological polar surface area (TPSA) is 105 Å². The highest BCUT2D eigenvalue weighted by Gasteiger charge is 2.35. The summed E-state index contributed by atoms with van der Waals surface area (Å²) in [4.78, 5) is 29.6. The summed E-state index contributed by atoms with van der Waals surface area (Å²) in [6.07, 6.45) is 0.215. The molecule has 1 N–H and O–H groups in total. The number of nitrogens with zero attached hydrogens (tertiary/aromatic N) is 2. The van der Waals surface area contributed by atoms with Crippen LogP contribution < -0.4 is 19.1 Å². The number of rotatable bonds is 14. The van der Waals surface area contributed by atoms with Gasteiger partial charge < -0.3 is 19.7 Å². The zero-order valence-corrected chi connectivity index (χ0v) is 27.8. The van der Waals surface area contributed by atoms with E-state index in [4.69, 9.17) is 21.1 Å². The summed E-state index contributed by atoms with van der Waals surface area (Å²) < 4.78 is 40.2. The van der Waals surface area contributed by atoms with Gasteiger partial charge in [0.05, 0.1) is 24.8 Å². The first-order valence-corrected chi connectivity index (χ1v) is 16.5. The maximum atomic E-state index is 14.5. The first-order valence-electron chi connectivity index (χ1n) is 14.7. The number of methoxy groups -OCH3 is 2. The van der Waals surface area contributed by atoms with Gasteiger partial charge in [-0.05, 0) is 61.4 Å². The molecule has 242 valence electrons. The van der Waals surface area contributed by atoms with E-state index in [1.807, 2.05) is 44.2 Å². The molecule has 4 rings (SSSR count). The van der Waals surface area contributed by atoms with Gasteiger partial charge in [-0.1, -0.05) is 72.3 Å². The minimum atomic E-state index is -4.31. The number of ether oxygens (including phenoxy) is 2. The van der Waals surface area contributed by atoms with Gasteiger partial charge in [-0.15, -0.1) is 0 Å². The van der Waals surface area contributed by atoms with Crippen LogP contribution in [0.1, 0.15) is 25.0 Å². The Balaban J connectivity index is 1.80. The molecule has 2 amide bonds. The van der Waals surface area contributed by atoms with Crippen LogP contribution in [-0.4, -0.2) is 58.0 Å². The second-order valence-electron chi connectivity index (χ2n) is 10.9. The van der Waals surface area contributed by atoms with Gasteiger partial charge in [0.25, 0.3) is 10.0 Å². The predicted octanol–water partition coefficient (Wildman–Crippen LogP) is 5.72. The van der Waals surface area contributed by atoms with Crippen molar-refractivity contribution in [1.82, 2.24) is 10.2 Å². The number of benzene rings is 4. The highest BCUT2D eigenvalue weighted by atomic mass is 35.5. The van der Waals surface area contributed by atoms with Crippen molar-refractivity contribution < 1.29 is 27.5 Å². The molecule has 0 aliphatic carbocycles. The minimum absolute atomic E-state index is 0.0397. The van der Waals surface area contributed by atoms with E-state index in [0.29, 0.717) is 10.8 Å². The van der Waals surface area contributed by atoms with Gasteiger partial charge in [0, 0.05) is 30.1 Å². The van der Waals surface area contributed by atoms with E-state index in [2.05, 4.69) is 5.32 Å². The van der Waals surface area contributed by atoms with Crippen LogP contribution in [0, 0.1) is 0 Å². The van der Waals surface area contributed by atoms with Crippen LogP contribution in [0.25, 0.3) is 0 Å². The SMILES string of the molecule is COc1ccc(S(=O)(=O)N(CC(=O)N(Cc2ccc(Cl)cc2)C(Cc2ccccc2)C(=O)NC(C)C)c2ccccc2)cc1OC. The number of anilines is 1.